The van der Waals surface area contributed by atoms with Crippen LogP contribution in [0.25, 0.3) is 10.9 Å². The number of aromatic amines is 1. The zero-order valence-electron chi connectivity index (χ0n) is 20.7. The molecule has 0 spiro atoms. The van der Waals surface area contributed by atoms with Gasteiger partial charge in [0.25, 0.3) is 11.8 Å². The molecule has 196 valence electrons. The van der Waals surface area contributed by atoms with Crippen LogP contribution in [0.4, 0.5) is 0 Å². The van der Waals surface area contributed by atoms with E-state index in [4.69, 9.17) is 16.3 Å². The van der Waals surface area contributed by atoms with Crippen LogP contribution >= 0.6 is 22.9 Å². The van der Waals surface area contributed by atoms with E-state index in [1.165, 1.54) is 18.4 Å². The standard InChI is InChI=1S/C25H29ClN6O4S/c1-31-7-5-18-21(12-31)37-25(30-18)24(35)29-20-11-32(22(33)13-36-2)8-6-17(20)28-23(34)19-10-14-9-15(26)3-4-16(14)27-19/h3-4,9-10,17,20,27H,5-8,11-13H2,1-2H3,(H,28,34)(H,29,35)/t17-,20-/m1/s1. The van der Waals surface area contributed by atoms with E-state index in [0.29, 0.717) is 28.7 Å². The Kier molecular flexibility index (Phi) is 7.47. The number of thiazole rings is 1. The maximum atomic E-state index is 13.2. The molecule has 0 unspecified atom stereocenters. The maximum Gasteiger partial charge on any atom is 0.280 e. The largest absolute Gasteiger partial charge is 0.375 e. The highest BCUT2D eigenvalue weighted by atomic mass is 35.5. The Bertz CT molecular complexity index is 1340. The number of halogens is 1. The number of methoxy groups -OCH3 is 1. The van der Waals surface area contributed by atoms with Crippen LogP contribution in [0, 0.1) is 0 Å². The molecule has 0 aliphatic carbocycles. The number of likely N-dealkylation sites (N-methyl/N-ethyl adjacent to an activating group) is 1. The number of aromatic nitrogens is 2. The molecule has 37 heavy (non-hydrogen) atoms. The average molecular weight is 545 g/mol. The fourth-order valence-corrected chi connectivity index (χ4v) is 6.11. The van der Waals surface area contributed by atoms with Crippen molar-refractivity contribution in [3.8, 4) is 0 Å². The lowest BCUT2D eigenvalue weighted by Crippen LogP contribution is -2.61. The Morgan fingerprint density at radius 1 is 1.19 bits per heavy atom. The number of hydrogen-bond donors (Lipinski definition) is 3. The minimum Gasteiger partial charge on any atom is -0.375 e. The van der Waals surface area contributed by atoms with Crippen molar-refractivity contribution in [1.29, 1.82) is 0 Å². The molecule has 3 N–H and O–H groups in total. The average Bonchev–Trinajstić information content (AvgIpc) is 3.49. The number of piperidine rings is 1. The van der Waals surface area contributed by atoms with Gasteiger partial charge in [-0.05, 0) is 37.7 Å². The molecule has 2 aliphatic rings. The minimum atomic E-state index is -0.492. The van der Waals surface area contributed by atoms with Crippen molar-refractivity contribution in [2.24, 2.45) is 0 Å². The van der Waals surface area contributed by atoms with Crippen LogP contribution < -0.4 is 10.6 Å². The van der Waals surface area contributed by atoms with E-state index in [2.05, 4.69) is 25.5 Å². The van der Waals surface area contributed by atoms with E-state index < -0.39 is 6.04 Å². The van der Waals surface area contributed by atoms with Gasteiger partial charge in [0.05, 0.1) is 17.8 Å². The molecule has 0 bridgehead atoms. The Morgan fingerprint density at radius 3 is 2.81 bits per heavy atom. The van der Waals surface area contributed by atoms with Gasteiger partial charge in [-0.2, -0.15) is 0 Å². The smallest absolute Gasteiger partial charge is 0.280 e. The van der Waals surface area contributed by atoms with Gasteiger partial charge >= 0.3 is 0 Å². The number of carbonyl (C=O) groups is 3. The first-order valence-electron chi connectivity index (χ1n) is 12.1. The molecular formula is C25H29ClN6O4S. The molecule has 0 radical (unpaired) electrons. The third-order valence-electron chi connectivity index (χ3n) is 6.81. The predicted molar refractivity (Wildman–Crippen MR) is 141 cm³/mol. The maximum absolute atomic E-state index is 13.2. The summed E-state index contributed by atoms with van der Waals surface area (Å²) in [4.78, 5) is 51.5. The fraction of sp³-hybridized carbons (Fsp3) is 0.440. The van der Waals surface area contributed by atoms with Crippen LogP contribution in [-0.2, 0) is 22.5 Å². The van der Waals surface area contributed by atoms with E-state index >= 15 is 0 Å². The molecule has 1 saturated heterocycles. The van der Waals surface area contributed by atoms with E-state index in [1.54, 1.807) is 23.1 Å². The van der Waals surface area contributed by atoms with Crippen LogP contribution in [0.3, 0.4) is 0 Å². The van der Waals surface area contributed by atoms with Gasteiger partial charge in [0.1, 0.15) is 12.3 Å². The van der Waals surface area contributed by atoms with Crippen molar-refractivity contribution in [2.75, 3.05) is 40.4 Å². The predicted octanol–water partition coefficient (Wildman–Crippen LogP) is 2.04. The number of carbonyl (C=O) groups excluding carboxylic acids is 3. The second kappa shape index (κ2) is 10.8. The molecule has 2 aromatic heterocycles. The first kappa shape index (κ1) is 25.7. The molecule has 3 amide bonds. The molecule has 0 saturated carbocycles. The summed E-state index contributed by atoms with van der Waals surface area (Å²) in [6, 6.07) is 6.25. The molecule has 1 aromatic carbocycles. The Morgan fingerprint density at radius 2 is 2.00 bits per heavy atom. The lowest BCUT2D eigenvalue weighted by atomic mass is 9.98. The molecule has 12 heteroatoms. The van der Waals surface area contributed by atoms with E-state index in [0.717, 1.165) is 41.0 Å². The summed E-state index contributed by atoms with van der Waals surface area (Å²) in [5.74, 6) is -0.750. The normalized spacial score (nSPS) is 20.0. The first-order chi connectivity index (χ1) is 17.8. The van der Waals surface area contributed by atoms with E-state index in [9.17, 15) is 14.4 Å². The summed E-state index contributed by atoms with van der Waals surface area (Å²) < 4.78 is 5.01. The van der Waals surface area contributed by atoms with E-state index in [1.807, 2.05) is 13.1 Å². The van der Waals surface area contributed by atoms with Crippen molar-refractivity contribution in [3.63, 3.8) is 0 Å². The Hall–Kier alpha value is -2.99. The van der Waals surface area contributed by atoms with Gasteiger partial charge < -0.3 is 30.2 Å². The number of nitrogens with one attached hydrogen (secondary N) is 3. The monoisotopic (exact) mass is 544 g/mol. The van der Waals surface area contributed by atoms with Gasteiger partial charge in [-0.1, -0.05) is 11.6 Å². The molecule has 1 fully saturated rings. The second-order valence-electron chi connectivity index (χ2n) is 9.51. The summed E-state index contributed by atoms with van der Waals surface area (Å²) in [5, 5.41) is 7.92. The van der Waals surface area contributed by atoms with Crippen molar-refractivity contribution < 1.29 is 19.1 Å². The third-order valence-corrected chi connectivity index (χ3v) is 8.13. The van der Waals surface area contributed by atoms with Crippen LogP contribution in [0.1, 0.15) is 37.3 Å². The summed E-state index contributed by atoms with van der Waals surface area (Å²) in [6.45, 7) is 2.35. The molecule has 2 aliphatic heterocycles. The fourth-order valence-electron chi connectivity index (χ4n) is 4.83. The van der Waals surface area contributed by atoms with Crippen molar-refractivity contribution >= 4 is 51.6 Å². The number of rotatable bonds is 6. The Balaban J connectivity index is 1.33. The number of nitrogens with zero attached hydrogens (tertiary/aromatic N) is 3. The lowest BCUT2D eigenvalue weighted by molar-refractivity contribution is -0.136. The van der Waals surface area contributed by atoms with Crippen molar-refractivity contribution in [3.05, 3.63) is 50.6 Å². The molecule has 3 aromatic rings. The lowest BCUT2D eigenvalue weighted by Gasteiger charge is -2.39. The highest BCUT2D eigenvalue weighted by Crippen LogP contribution is 2.25. The molecule has 2 atom stereocenters. The SMILES string of the molecule is COCC(=O)N1CC[C@@H](NC(=O)c2cc3cc(Cl)ccc3[nH]2)[C@H](NC(=O)c2nc3c(s2)CN(C)CC3)C1. The van der Waals surface area contributed by atoms with Crippen LogP contribution in [-0.4, -0.2) is 90.0 Å². The molecule has 4 heterocycles. The number of ether oxygens (including phenoxy) is 1. The highest BCUT2D eigenvalue weighted by Gasteiger charge is 2.35. The summed E-state index contributed by atoms with van der Waals surface area (Å²) in [6.07, 6.45) is 1.30. The number of likely N-dealkylation sites (tertiary alicyclic amines) is 1. The topological polar surface area (TPSA) is 120 Å². The molecule has 10 nitrogen and oxygen atoms in total. The molecule has 5 rings (SSSR count). The van der Waals surface area contributed by atoms with Gasteiger partial charge in [-0.3, -0.25) is 14.4 Å². The first-order valence-corrected chi connectivity index (χ1v) is 13.3. The summed E-state index contributed by atoms with van der Waals surface area (Å²) in [7, 11) is 3.52. The number of fused-ring (bicyclic) bond motifs is 2. The number of amides is 3. The number of hydrogen-bond acceptors (Lipinski definition) is 7. The zero-order valence-corrected chi connectivity index (χ0v) is 22.2. The van der Waals surface area contributed by atoms with Gasteiger partial charge in [0, 0.05) is 60.5 Å². The second-order valence-corrected chi connectivity index (χ2v) is 11.0. The summed E-state index contributed by atoms with van der Waals surface area (Å²) in [5.41, 5.74) is 2.17. The van der Waals surface area contributed by atoms with Gasteiger partial charge in [0.2, 0.25) is 5.91 Å². The van der Waals surface area contributed by atoms with Crippen LogP contribution in [0.5, 0.6) is 0 Å². The van der Waals surface area contributed by atoms with Crippen molar-refractivity contribution in [2.45, 2.75) is 31.5 Å². The summed E-state index contributed by atoms with van der Waals surface area (Å²) >= 11 is 7.48. The number of benzene rings is 1. The van der Waals surface area contributed by atoms with Crippen LogP contribution in [0.2, 0.25) is 5.02 Å². The Labute approximate surface area is 223 Å². The zero-order chi connectivity index (χ0) is 26.1. The third kappa shape index (κ3) is 5.64. The van der Waals surface area contributed by atoms with Crippen molar-refractivity contribution in [1.82, 2.24) is 30.4 Å². The number of H-pyrrole nitrogens is 1. The minimum absolute atomic E-state index is 0.0396. The quantitative estimate of drug-likeness (QED) is 0.437. The van der Waals surface area contributed by atoms with Crippen LogP contribution in [0.15, 0.2) is 24.3 Å². The van der Waals surface area contributed by atoms with Gasteiger partial charge in [0.15, 0.2) is 5.01 Å². The molecular weight excluding hydrogens is 516 g/mol. The van der Waals surface area contributed by atoms with Gasteiger partial charge in [-0.25, -0.2) is 4.98 Å². The van der Waals surface area contributed by atoms with E-state index in [-0.39, 0.29) is 36.9 Å². The highest BCUT2D eigenvalue weighted by molar-refractivity contribution is 7.13. The van der Waals surface area contributed by atoms with Gasteiger partial charge in [-0.15, -0.1) is 11.3 Å².